The molecular weight excluding hydrogens is 300 g/mol. The first-order valence-corrected chi connectivity index (χ1v) is 8.49. The van der Waals surface area contributed by atoms with Gasteiger partial charge in [-0.25, -0.2) is 4.68 Å². The number of nitrogens with one attached hydrogen (secondary N) is 2. The van der Waals surface area contributed by atoms with Crippen molar-refractivity contribution < 1.29 is 4.79 Å². The first-order valence-electron chi connectivity index (χ1n) is 8.49. The molecule has 24 heavy (non-hydrogen) atoms. The van der Waals surface area contributed by atoms with Crippen LogP contribution in [-0.2, 0) is 10.2 Å². The van der Waals surface area contributed by atoms with Crippen LogP contribution in [0, 0.1) is 6.92 Å². The molecule has 0 aliphatic rings. The number of rotatable bonds is 6. The van der Waals surface area contributed by atoms with Gasteiger partial charge < -0.3 is 10.6 Å². The Bertz CT molecular complexity index is 680. The van der Waals surface area contributed by atoms with Crippen molar-refractivity contribution in [2.45, 2.75) is 46.5 Å². The summed E-state index contributed by atoms with van der Waals surface area (Å²) in [6.07, 6.45) is 1.00. The molecule has 5 heteroatoms. The van der Waals surface area contributed by atoms with Crippen molar-refractivity contribution in [3.8, 4) is 5.69 Å². The van der Waals surface area contributed by atoms with Gasteiger partial charge in [0.25, 0.3) is 0 Å². The maximum absolute atomic E-state index is 12.2. The average Bonchev–Trinajstić information content (AvgIpc) is 2.92. The van der Waals surface area contributed by atoms with Gasteiger partial charge in [0.15, 0.2) is 0 Å². The molecule has 0 unspecified atom stereocenters. The van der Waals surface area contributed by atoms with Crippen molar-refractivity contribution in [2.24, 2.45) is 0 Å². The third-order valence-electron chi connectivity index (χ3n) is 3.74. The second-order valence-electron chi connectivity index (χ2n) is 7.14. The first-order chi connectivity index (χ1) is 11.3. The van der Waals surface area contributed by atoms with Crippen LogP contribution in [0.1, 0.15) is 45.4 Å². The topological polar surface area (TPSA) is 59.0 Å². The van der Waals surface area contributed by atoms with E-state index >= 15 is 0 Å². The fraction of sp³-hybridized carbons (Fsp3) is 0.474. The summed E-state index contributed by atoms with van der Waals surface area (Å²) < 4.78 is 1.80. The highest BCUT2D eigenvalue weighted by atomic mass is 16.2. The lowest BCUT2D eigenvalue weighted by molar-refractivity contribution is -0.115. The number of hydrogen-bond acceptors (Lipinski definition) is 3. The lowest BCUT2D eigenvalue weighted by Crippen LogP contribution is -2.29. The van der Waals surface area contributed by atoms with Crippen LogP contribution in [0.2, 0.25) is 0 Å². The fourth-order valence-electron chi connectivity index (χ4n) is 2.29. The minimum absolute atomic E-state index is 0.0582. The molecule has 1 aromatic heterocycles. The minimum Gasteiger partial charge on any atom is -0.309 e. The Balaban J connectivity index is 2.29. The van der Waals surface area contributed by atoms with E-state index in [0.29, 0.717) is 12.4 Å². The standard InChI is InChI=1S/C19H28N4O/c1-6-11-20-13-18(24)21-17-12-16(19(3,4)5)22-23(17)15-9-7-14(2)8-10-15/h7-10,12,20H,6,11,13H2,1-5H3,(H,21,24). The number of carbonyl (C=O) groups is 1. The molecule has 0 bridgehead atoms. The Morgan fingerprint density at radius 1 is 1.21 bits per heavy atom. The van der Waals surface area contributed by atoms with Crippen molar-refractivity contribution in [3.05, 3.63) is 41.6 Å². The summed E-state index contributed by atoms with van der Waals surface area (Å²) in [4.78, 5) is 12.2. The summed E-state index contributed by atoms with van der Waals surface area (Å²) in [5, 5.41) is 10.8. The summed E-state index contributed by atoms with van der Waals surface area (Å²) in [7, 11) is 0. The number of hydrogen-bond donors (Lipinski definition) is 2. The predicted molar refractivity (Wildman–Crippen MR) is 98.8 cm³/mol. The van der Waals surface area contributed by atoms with Gasteiger partial charge >= 0.3 is 0 Å². The van der Waals surface area contributed by atoms with Crippen LogP contribution in [0.15, 0.2) is 30.3 Å². The number of anilines is 1. The van der Waals surface area contributed by atoms with Gasteiger partial charge in [0, 0.05) is 11.5 Å². The van der Waals surface area contributed by atoms with E-state index in [1.165, 1.54) is 5.56 Å². The van der Waals surface area contributed by atoms with Gasteiger partial charge in [0.1, 0.15) is 5.82 Å². The number of aryl methyl sites for hydroxylation is 1. The number of amides is 1. The van der Waals surface area contributed by atoms with Crippen molar-refractivity contribution in [3.63, 3.8) is 0 Å². The van der Waals surface area contributed by atoms with Gasteiger partial charge in [-0.15, -0.1) is 0 Å². The predicted octanol–water partition coefficient (Wildman–Crippen LogP) is 3.42. The molecule has 0 atom stereocenters. The van der Waals surface area contributed by atoms with Crippen molar-refractivity contribution >= 4 is 11.7 Å². The van der Waals surface area contributed by atoms with E-state index < -0.39 is 0 Å². The van der Waals surface area contributed by atoms with E-state index in [1.54, 1.807) is 4.68 Å². The number of carbonyl (C=O) groups excluding carboxylic acids is 1. The van der Waals surface area contributed by atoms with Gasteiger partial charge in [-0.3, -0.25) is 4.79 Å². The number of nitrogens with zero attached hydrogens (tertiary/aromatic N) is 2. The maximum atomic E-state index is 12.2. The molecule has 0 radical (unpaired) electrons. The zero-order chi connectivity index (χ0) is 17.7. The second-order valence-corrected chi connectivity index (χ2v) is 7.14. The van der Waals surface area contributed by atoms with Crippen LogP contribution >= 0.6 is 0 Å². The largest absolute Gasteiger partial charge is 0.309 e. The third-order valence-corrected chi connectivity index (χ3v) is 3.74. The van der Waals surface area contributed by atoms with E-state index in [2.05, 4.69) is 45.3 Å². The van der Waals surface area contributed by atoms with Crippen LogP contribution < -0.4 is 10.6 Å². The van der Waals surface area contributed by atoms with Gasteiger partial charge in [-0.1, -0.05) is 45.4 Å². The molecule has 5 nitrogen and oxygen atoms in total. The molecule has 1 amide bonds. The van der Waals surface area contributed by atoms with E-state index in [-0.39, 0.29) is 11.3 Å². The molecule has 1 heterocycles. The molecule has 0 saturated carbocycles. The Kier molecular flexibility index (Phi) is 5.78. The molecule has 0 aliphatic heterocycles. The SMILES string of the molecule is CCCNCC(=O)Nc1cc(C(C)(C)C)nn1-c1ccc(C)cc1. The van der Waals surface area contributed by atoms with Crippen molar-refractivity contribution in [1.29, 1.82) is 0 Å². The van der Waals surface area contributed by atoms with Gasteiger partial charge in [-0.2, -0.15) is 5.10 Å². The summed E-state index contributed by atoms with van der Waals surface area (Å²) in [6, 6.07) is 10.1. The van der Waals surface area contributed by atoms with Crippen molar-refractivity contribution in [1.82, 2.24) is 15.1 Å². The van der Waals surface area contributed by atoms with Crippen LogP contribution in [0.3, 0.4) is 0 Å². The van der Waals surface area contributed by atoms with E-state index in [4.69, 9.17) is 5.10 Å². The molecule has 1 aromatic carbocycles. The molecule has 130 valence electrons. The third kappa shape index (κ3) is 4.68. The highest BCUT2D eigenvalue weighted by Gasteiger charge is 2.21. The monoisotopic (exact) mass is 328 g/mol. The normalized spacial score (nSPS) is 11.5. The van der Waals surface area contributed by atoms with Crippen LogP contribution in [-0.4, -0.2) is 28.8 Å². The maximum Gasteiger partial charge on any atom is 0.239 e. The molecule has 0 saturated heterocycles. The van der Waals surface area contributed by atoms with Crippen LogP contribution in [0.25, 0.3) is 5.69 Å². The molecule has 2 rings (SSSR count). The quantitative estimate of drug-likeness (QED) is 0.799. The lowest BCUT2D eigenvalue weighted by atomic mass is 9.92. The van der Waals surface area contributed by atoms with E-state index in [9.17, 15) is 4.79 Å². The minimum atomic E-state index is -0.0874. The fourth-order valence-corrected chi connectivity index (χ4v) is 2.29. The highest BCUT2D eigenvalue weighted by Crippen LogP contribution is 2.26. The second kappa shape index (κ2) is 7.62. The zero-order valence-corrected chi connectivity index (χ0v) is 15.3. The Morgan fingerprint density at radius 2 is 1.88 bits per heavy atom. The first kappa shape index (κ1) is 18.2. The average molecular weight is 328 g/mol. The Labute approximate surface area is 144 Å². The number of aromatic nitrogens is 2. The zero-order valence-electron chi connectivity index (χ0n) is 15.3. The van der Waals surface area contributed by atoms with E-state index in [0.717, 1.165) is 24.3 Å². The van der Waals surface area contributed by atoms with Crippen LogP contribution in [0.4, 0.5) is 5.82 Å². The molecule has 2 N–H and O–H groups in total. The molecule has 0 aliphatic carbocycles. The van der Waals surface area contributed by atoms with Gasteiger partial charge in [0.05, 0.1) is 17.9 Å². The highest BCUT2D eigenvalue weighted by molar-refractivity contribution is 5.91. The van der Waals surface area contributed by atoms with Gasteiger partial charge in [-0.05, 0) is 32.0 Å². The molecule has 0 fully saturated rings. The van der Waals surface area contributed by atoms with E-state index in [1.807, 2.05) is 30.3 Å². The smallest absolute Gasteiger partial charge is 0.239 e. The Morgan fingerprint density at radius 3 is 2.46 bits per heavy atom. The molecule has 0 spiro atoms. The lowest BCUT2D eigenvalue weighted by Gasteiger charge is -2.14. The Hall–Kier alpha value is -2.14. The number of benzene rings is 1. The van der Waals surface area contributed by atoms with Gasteiger partial charge in [0.2, 0.25) is 5.91 Å². The summed E-state index contributed by atoms with van der Waals surface area (Å²) in [5.41, 5.74) is 2.99. The summed E-state index contributed by atoms with van der Waals surface area (Å²) in [5.74, 6) is 0.643. The van der Waals surface area contributed by atoms with Crippen molar-refractivity contribution in [2.75, 3.05) is 18.4 Å². The molecular formula is C19H28N4O. The summed E-state index contributed by atoms with van der Waals surface area (Å²) in [6.45, 7) is 11.6. The summed E-state index contributed by atoms with van der Waals surface area (Å²) >= 11 is 0. The van der Waals surface area contributed by atoms with Crippen LogP contribution in [0.5, 0.6) is 0 Å². The molecule has 2 aromatic rings.